The molecular formula is C26H40N2O2. The fourth-order valence-electron chi connectivity index (χ4n) is 8.30. The number of aromatic nitrogens is 2. The molecule has 0 aliphatic heterocycles. The van der Waals surface area contributed by atoms with E-state index in [0.29, 0.717) is 24.2 Å². The second-order valence-corrected chi connectivity index (χ2v) is 11.2. The third-order valence-corrected chi connectivity index (χ3v) is 10.2. The number of fused-ring (bicyclic) bond motifs is 5. The Bertz CT molecular complexity index is 1030. The molecule has 4 saturated carbocycles. The lowest BCUT2D eigenvalue weighted by molar-refractivity contribution is -0.154. The van der Waals surface area contributed by atoms with Gasteiger partial charge < -0.3 is 9.67 Å². The van der Waals surface area contributed by atoms with E-state index in [4.69, 9.17) is 5.48 Å². The Hall–Kier alpha value is -1.16. The molecule has 1 aromatic heterocycles. The second-order valence-electron chi connectivity index (χ2n) is 11.2. The summed E-state index contributed by atoms with van der Waals surface area (Å²) in [7, 11) is 0. The molecule has 4 heteroatoms. The summed E-state index contributed by atoms with van der Waals surface area (Å²) < 4.78 is 42.6. The smallest absolute Gasteiger partial charge is 0.156 e. The van der Waals surface area contributed by atoms with Gasteiger partial charge in [-0.25, -0.2) is 4.98 Å². The fraction of sp³-hybridized carbons (Fsp3) is 0.846. The number of ketones is 1. The highest BCUT2D eigenvalue weighted by atomic mass is 16.3. The SMILES string of the molecule is [2H]c1nc([2H])n(C([2H])C(=O)[C@@]2([2H])CC[C@H]3[C@@H]4CC[C@H]5C[C@@](O)(CC)CC[C@]5(C)[C@H]4CC[C@@]32C)c1[2H]. The predicted octanol–water partition coefficient (Wildman–Crippen LogP) is 5.25. The van der Waals surface area contributed by atoms with Gasteiger partial charge in [-0.3, -0.25) is 4.79 Å². The van der Waals surface area contributed by atoms with Crippen molar-refractivity contribution in [3.63, 3.8) is 0 Å². The molecule has 9 atom stereocenters. The summed E-state index contributed by atoms with van der Waals surface area (Å²) in [6.45, 7) is 5.01. The van der Waals surface area contributed by atoms with E-state index in [9.17, 15) is 11.3 Å². The number of carbonyl (C=O) groups excluding carboxylic acids is 1. The van der Waals surface area contributed by atoms with Crippen LogP contribution in [0.25, 0.3) is 0 Å². The van der Waals surface area contributed by atoms with Gasteiger partial charge in [-0.2, -0.15) is 0 Å². The summed E-state index contributed by atoms with van der Waals surface area (Å²) in [6, 6.07) is 0. The molecule has 4 aliphatic carbocycles. The van der Waals surface area contributed by atoms with E-state index >= 15 is 0 Å². The number of hydrogen-bond donors (Lipinski definition) is 1. The van der Waals surface area contributed by atoms with E-state index in [2.05, 4.69) is 25.8 Å². The number of aliphatic hydroxyl groups is 1. The zero-order valence-corrected chi connectivity index (χ0v) is 18.7. The molecular weight excluding hydrogens is 372 g/mol. The van der Waals surface area contributed by atoms with Crippen molar-refractivity contribution in [2.45, 2.75) is 97.1 Å². The maximum Gasteiger partial charge on any atom is 0.156 e. The van der Waals surface area contributed by atoms with Crippen molar-refractivity contribution in [3.8, 4) is 0 Å². The molecule has 0 spiro atoms. The van der Waals surface area contributed by atoms with E-state index in [1.54, 1.807) is 0 Å². The molecule has 1 heterocycles. The monoisotopic (exact) mass is 417 g/mol. The molecule has 4 aliphatic rings. The predicted molar refractivity (Wildman–Crippen MR) is 118 cm³/mol. The molecule has 30 heavy (non-hydrogen) atoms. The Morgan fingerprint density at radius 1 is 1.20 bits per heavy atom. The summed E-state index contributed by atoms with van der Waals surface area (Å²) in [6.07, 6.45) is 7.47. The topological polar surface area (TPSA) is 55.1 Å². The van der Waals surface area contributed by atoms with Crippen molar-refractivity contribution in [2.75, 3.05) is 0 Å². The average molecular weight is 418 g/mol. The van der Waals surface area contributed by atoms with Crippen LogP contribution in [0.5, 0.6) is 0 Å². The first-order valence-corrected chi connectivity index (χ1v) is 12.0. The van der Waals surface area contributed by atoms with Crippen LogP contribution in [0.1, 0.15) is 91.8 Å². The fourth-order valence-corrected chi connectivity index (χ4v) is 8.30. The van der Waals surface area contributed by atoms with Gasteiger partial charge in [0.05, 0.1) is 22.5 Å². The summed E-state index contributed by atoms with van der Waals surface area (Å²) in [5, 5.41) is 11.0. The molecule has 1 aromatic rings. The highest BCUT2D eigenvalue weighted by molar-refractivity contribution is 5.82. The van der Waals surface area contributed by atoms with Crippen molar-refractivity contribution in [1.82, 2.24) is 9.55 Å². The minimum atomic E-state index is -1.59. The van der Waals surface area contributed by atoms with E-state index in [1.165, 1.54) is 0 Å². The van der Waals surface area contributed by atoms with E-state index in [-0.39, 0.29) is 11.3 Å². The van der Waals surface area contributed by atoms with Crippen molar-refractivity contribution >= 4 is 5.78 Å². The molecule has 0 radical (unpaired) electrons. The van der Waals surface area contributed by atoms with E-state index in [1.807, 2.05) is 0 Å². The third-order valence-electron chi connectivity index (χ3n) is 10.2. The lowest BCUT2D eigenvalue weighted by Crippen LogP contribution is -2.56. The molecule has 166 valence electrons. The van der Waals surface area contributed by atoms with Crippen LogP contribution in [-0.2, 0) is 11.3 Å². The van der Waals surface area contributed by atoms with Crippen LogP contribution in [0.2, 0.25) is 0 Å². The minimum Gasteiger partial charge on any atom is -0.390 e. The lowest BCUT2D eigenvalue weighted by atomic mass is 9.43. The Labute approximate surface area is 188 Å². The van der Waals surface area contributed by atoms with Crippen LogP contribution in [0.4, 0.5) is 0 Å². The lowest BCUT2D eigenvalue weighted by Gasteiger charge is -2.62. The Balaban J connectivity index is 1.41. The van der Waals surface area contributed by atoms with Crippen LogP contribution in [0.15, 0.2) is 18.6 Å². The first-order chi connectivity index (χ1) is 16.3. The zero-order valence-electron chi connectivity index (χ0n) is 23.7. The first-order valence-electron chi connectivity index (χ1n) is 14.6. The highest BCUT2D eigenvalue weighted by Gasteiger charge is 2.61. The molecule has 1 N–H and O–H groups in total. The van der Waals surface area contributed by atoms with Crippen LogP contribution in [-0.4, -0.2) is 26.0 Å². The number of rotatable bonds is 4. The quantitative estimate of drug-likeness (QED) is 0.728. The summed E-state index contributed by atoms with van der Waals surface area (Å²) in [4.78, 5) is 17.4. The van der Waals surface area contributed by atoms with Gasteiger partial charge in [-0.05, 0) is 98.7 Å². The van der Waals surface area contributed by atoms with Crippen LogP contribution < -0.4 is 0 Å². The van der Waals surface area contributed by atoms with Gasteiger partial charge in [0.2, 0.25) is 0 Å². The van der Waals surface area contributed by atoms with Gasteiger partial charge in [0.1, 0.15) is 1.37 Å². The van der Waals surface area contributed by atoms with Gasteiger partial charge in [-0.15, -0.1) is 0 Å². The van der Waals surface area contributed by atoms with Crippen LogP contribution >= 0.6 is 0 Å². The van der Waals surface area contributed by atoms with Crippen molar-refractivity contribution in [3.05, 3.63) is 18.6 Å². The van der Waals surface area contributed by atoms with Gasteiger partial charge in [0.15, 0.2) is 5.78 Å². The summed E-state index contributed by atoms with van der Waals surface area (Å²) >= 11 is 0. The van der Waals surface area contributed by atoms with E-state index in [0.717, 1.165) is 62.4 Å². The molecule has 0 aromatic carbocycles. The summed E-state index contributed by atoms with van der Waals surface area (Å²) in [5.74, 6) is -0.221. The number of carbonyl (C=O) groups is 1. The molecule has 4 nitrogen and oxygen atoms in total. The molecule has 0 bridgehead atoms. The van der Waals surface area contributed by atoms with Gasteiger partial charge in [0.25, 0.3) is 0 Å². The molecule has 1 unspecified atom stereocenters. The standard InChI is InChI=1S/C26H40N2O2/c1-4-26(30)12-11-24(2)18(15-26)5-6-19-20-7-8-22(25(20,3)10-9-21(19)24)23(29)16-28-14-13-27-17-28/h13-14,17-22,30H,4-12,15-16H2,1-3H3/t18-,19-,20-,21-,22+,24-,25-,26+/m0/s1/i13D,14D,16D,17D,22D/t16?,18-,19-,20-,21-,22+,24-,25-,26+. The second kappa shape index (κ2) is 7.18. The Morgan fingerprint density at radius 3 is 2.73 bits per heavy atom. The van der Waals surface area contributed by atoms with Crippen LogP contribution in [0, 0.1) is 40.4 Å². The Kier molecular flexibility index (Phi) is 3.74. The summed E-state index contributed by atoms with van der Waals surface area (Å²) in [5.41, 5.74) is -0.872. The number of imidazole rings is 1. The van der Waals surface area contributed by atoms with Crippen molar-refractivity contribution < 1.29 is 16.8 Å². The first kappa shape index (κ1) is 15.6. The maximum absolute atomic E-state index is 13.7. The van der Waals surface area contributed by atoms with Crippen molar-refractivity contribution in [2.24, 2.45) is 40.4 Å². The zero-order chi connectivity index (χ0) is 25.6. The van der Waals surface area contributed by atoms with Crippen LogP contribution in [0.3, 0.4) is 0 Å². The van der Waals surface area contributed by atoms with Gasteiger partial charge in [-0.1, -0.05) is 20.8 Å². The van der Waals surface area contributed by atoms with Gasteiger partial charge >= 0.3 is 0 Å². The molecule has 5 rings (SSSR count). The number of nitrogens with zero attached hydrogens (tertiary/aromatic N) is 2. The average Bonchev–Trinajstić information content (AvgIpc) is 3.25. The Morgan fingerprint density at radius 2 is 2.00 bits per heavy atom. The molecule has 4 fully saturated rings. The molecule has 0 amide bonds. The number of hydrogen-bond acceptors (Lipinski definition) is 3. The van der Waals surface area contributed by atoms with Crippen molar-refractivity contribution in [1.29, 1.82) is 0 Å². The minimum absolute atomic E-state index is 0.197. The third kappa shape index (κ3) is 3.04. The van der Waals surface area contributed by atoms with Gasteiger partial charge in [0, 0.05) is 19.6 Å². The molecule has 0 saturated heterocycles. The number of Topliss-reactive ketones (excluding diaryl/α,β-unsaturated/α-hetero) is 1. The largest absolute Gasteiger partial charge is 0.390 e. The highest BCUT2D eigenvalue weighted by Crippen LogP contribution is 2.68. The normalized spacial score (nSPS) is 53.8. The van der Waals surface area contributed by atoms with E-state index < -0.39 is 47.9 Å². The maximum atomic E-state index is 13.7.